The van der Waals surface area contributed by atoms with Crippen LogP contribution in [-0.4, -0.2) is 24.7 Å². The fourth-order valence-corrected chi connectivity index (χ4v) is 5.98. The number of imidazole rings is 1. The van der Waals surface area contributed by atoms with Gasteiger partial charge in [-0.2, -0.15) is 10.2 Å². The molecule has 0 spiro atoms. The molecule has 0 aliphatic carbocycles. The van der Waals surface area contributed by atoms with Crippen LogP contribution in [-0.2, 0) is 20.1 Å². The van der Waals surface area contributed by atoms with Crippen molar-refractivity contribution in [3.05, 3.63) is 138 Å². The second-order valence-corrected chi connectivity index (χ2v) is 12.2. The summed E-state index contributed by atoms with van der Waals surface area (Å²) in [6.45, 7) is 6.76. The van der Waals surface area contributed by atoms with Crippen LogP contribution in [0.15, 0.2) is 108 Å². The Labute approximate surface area is 302 Å². The Morgan fingerprint density at radius 1 is 0.816 bits per heavy atom. The quantitative estimate of drug-likeness (QED) is 0.162. The van der Waals surface area contributed by atoms with E-state index in [1.54, 1.807) is 24.5 Å². The number of rotatable bonds is 5. The molecule has 0 amide bonds. The number of fused-ring (bicyclic) bond motifs is 4. The molecule has 6 nitrogen and oxygen atoms in total. The number of aromatic nitrogens is 5. The van der Waals surface area contributed by atoms with Gasteiger partial charge in [-0.05, 0) is 47.1 Å². The van der Waals surface area contributed by atoms with Crippen LogP contribution in [0.1, 0.15) is 60.3 Å². The largest absolute Gasteiger partial charge is 0.501 e. The molecule has 49 heavy (non-hydrogen) atoms. The first kappa shape index (κ1) is 30.0. The minimum Gasteiger partial charge on any atom is -0.501 e. The Morgan fingerprint density at radius 3 is 2.29 bits per heavy atom. The summed E-state index contributed by atoms with van der Waals surface area (Å²) in [4.78, 5) is 9.08. The fourth-order valence-electron chi connectivity index (χ4n) is 5.98. The number of furan rings is 1. The summed E-state index contributed by atoms with van der Waals surface area (Å²) in [7, 11) is 0. The molecule has 0 saturated carbocycles. The number of pyridine rings is 1. The van der Waals surface area contributed by atoms with Crippen molar-refractivity contribution >= 4 is 33.0 Å². The van der Waals surface area contributed by atoms with E-state index >= 15 is 0 Å². The smallest absolute Gasteiger partial charge is 0.120 e. The van der Waals surface area contributed by atoms with Crippen molar-refractivity contribution in [3.8, 4) is 28.3 Å². The predicted octanol–water partition coefficient (Wildman–Crippen LogP) is 10.4. The Hall–Kier alpha value is -5.04. The Kier molecular flexibility index (Phi) is 8.71. The predicted molar refractivity (Wildman–Crippen MR) is 190 cm³/mol. The summed E-state index contributed by atoms with van der Waals surface area (Å²) < 4.78 is 42.9. The molecule has 0 N–H and O–H groups in total. The molecule has 0 fully saturated rings. The van der Waals surface area contributed by atoms with Gasteiger partial charge in [-0.3, -0.25) is 9.37 Å². The SMILES string of the molecule is CC(C)c1cccc(C(C)C)c1-n1c(-c2[c-]ccc3c2oc2ccccc23)nc2cnncc21.[2H]C([2H])([2H])c1ccc(-c2[c-]cc(F)cc2)nc1.[Ir]. The Balaban J connectivity index is 0.000000218. The van der Waals surface area contributed by atoms with E-state index in [9.17, 15) is 4.39 Å². The van der Waals surface area contributed by atoms with Crippen molar-refractivity contribution in [1.82, 2.24) is 24.7 Å². The number of hydrogen-bond donors (Lipinski definition) is 0. The summed E-state index contributed by atoms with van der Waals surface area (Å²) in [5, 5.41) is 10.5. The normalized spacial score (nSPS) is 12.4. The van der Waals surface area contributed by atoms with Crippen LogP contribution >= 0.6 is 0 Å². The molecule has 4 aromatic heterocycles. The molecular formula is C41H34FIrN5O-2. The molecule has 8 heteroatoms. The number of aryl methyl sites for hydroxylation is 1. The minimum absolute atomic E-state index is 0. The summed E-state index contributed by atoms with van der Waals surface area (Å²) in [5.74, 6) is 1.08. The van der Waals surface area contributed by atoms with E-state index in [1.165, 1.54) is 35.5 Å². The maximum Gasteiger partial charge on any atom is 0.120 e. The molecular weight excluding hydrogens is 790 g/mol. The first-order chi connectivity index (χ1) is 24.5. The van der Waals surface area contributed by atoms with Crippen molar-refractivity contribution in [2.45, 2.75) is 46.4 Å². The summed E-state index contributed by atoms with van der Waals surface area (Å²) in [5.41, 5.74) is 9.24. The molecule has 4 aromatic carbocycles. The van der Waals surface area contributed by atoms with E-state index in [0.717, 1.165) is 50.0 Å². The van der Waals surface area contributed by atoms with Crippen LogP contribution in [0.3, 0.4) is 0 Å². The van der Waals surface area contributed by atoms with E-state index in [4.69, 9.17) is 13.5 Å². The van der Waals surface area contributed by atoms with Crippen LogP contribution in [0.2, 0.25) is 0 Å². The van der Waals surface area contributed by atoms with Gasteiger partial charge in [0.05, 0.1) is 34.8 Å². The van der Waals surface area contributed by atoms with E-state index in [-0.39, 0.29) is 31.5 Å². The zero-order valence-electron chi connectivity index (χ0n) is 30.3. The second kappa shape index (κ2) is 14.2. The van der Waals surface area contributed by atoms with Gasteiger partial charge in [0.25, 0.3) is 0 Å². The number of para-hydroxylation sites is 2. The van der Waals surface area contributed by atoms with Gasteiger partial charge in [0.1, 0.15) is 5.58 Å². The number of hydrogen-bond acceptors (Lipinski definition) is 5. The second-order valence-electron chi connectivity index (χ2n) is 12.2. The van der Waals surface area contributed by atoms with E-state index in [1.807, 2.05) is 24.3 Å². The van der Waals surface area contributed by atoms with Crippen molar-refractivity contribution in [2.75, 3.05) is 0 Å². The van der Waals surface area contributed by atoms with Crippen molar-refractivity contribution in [3.63, 3.8) is 0 Å². The standard InChI is InChI=1S/C29H25N4O.C12H9FN.Ir/c1-17(2)19-10-7-11-20(18(3)4)27(19)33-25-16-31-30-15-24(25)32-29(33)23-13-8-12-22-21-9-5-6-14-26(21)34-28(22)23;1-9-2-7-12(14-8-9)10-3-5-11(13)6-4-10;/h5-12,14-18H,1-4H3;2-3,5-8H,1H3;/q2*-1;/i;1D3;. The van der Waals surface area contributed by atoms with Crippen molar-refractivity contribution < 1.29 is 33.0 Å². The zero-order valence-corrected chi connectivity index (χ0v) is 29.7. The summed E-state index contributed by atoms with van der Waals surface area (Å²) >= 11 is 0. The van der Waals surface area contributed by atoms with E-state index < -0.39 is 6.85 Å². The molecule has 4 heterocycles. The average molecular weight is 827 g/mol. The van der Waals surface area contributed by atoms with Crippen LogP contribution in [0.4, 0.5) is 4.39 Å². The van der Waals surface area contributed by atoms with Crippen LogP contribution in [0, 0.1) is 24.8 Å². The first-order valence-corrected chi connectivity index (χ1v) is 15.8. The van der Waals surface area contributed by atoms with Gasteiger partial charge in [0, 0.05) is 47.3 Å². The van der Waals surface area contributed by atoms with E-state index in [0.29, 0.717) is 23.1 Å². The third-order valence-corrected chi connectivity index (χ3v) is 8.31. The maximum atomic E-state index is 12.7. The molecule has 8 rings (SSSR count). The molecule has 247 valence electrons. The number of halogens is 1. The van der Waals surface area contributed by atoms with Gasteiger partial charge in [0.2, 0.25) is 0 Å². The molecule has 0 aliphatic heterocycles. The molecule has 0 bridgehead atoms. The monoisotopic (exact) mass is 827 g/mol. The first-order valence-electron chi connectivity index (χ1n) is 17.3. The Bertz CT molecular complexity index is 2460. The van der Waals surface area contributed by atoms with Crippen molar-refractivity contribution in [1.29, 1.82) is 0 Å². The number of nitrogens with zero attached hydrogens (tertiary/aromatic N) is 5. The van der Waals surface area contributed by atoms with Crippen LogP contribution in [0.25, 0.3) is 61.3 Å². The van der Waals surface area contributed by atoms with Crippen LogP contribution < -0.4 is 0 Å². The minimum atomic E-state index is -2.15. The molecule has 0 unspecified atom stereocenters. The zero-order chi connectivity index (χ0) is 35.9. The fraction of sp³-hybridized carbons (Fsp3) is 0.171. The molecule has 0 atom stereocenters. The molecule has 0 aliphatic rings. The molecule has 1 radical (unpaired) electrons. The summed E-state index contributed by atoms with van der Waals surface area (Å²) in [6.07, 6.45) is 4.83. The van der Waals surface area contributed by atoms with Gasteiger partial charge < -0.3 is 14.0 Å². The van der Waals surface area contributed by atoms with Gasteiger partial charge in [-0.1, -0.05) is 87.2 Å². The summed E-state index contributed by atoms with van der Waals surface area (Å²) in [6, 6.07) is 32.0. The third kappa shape index (κ3) is 6.54. The van der Waals surface area contributed by atoms with Gasteiger partial charge in [0.15, 0.2) is 0 Å². The number of benzene rings is 4. The van der Waals surface area contributed by atoms with Gasteiger partial charge in [-0.25, -0.2) is 0 Å². The third-order valence-electron chi connectivity index (χ3n) is 8.31. The molecule has 8 aromatic rings. The topological polar surface area (TPSA) is 69.6 Å². The Morgan fingerprint density at radius 2 is 1.59 bits per heavy atom. The van der Waals surface area contributed by atoms with Gasteiger partial charge >= 0.3 is 0 Å². The van der Waals surface area contributed by atoms with Crippen molar-refractivity contribution in [2.24, 2.45) is 0 Å². The van der Waals surface area contributed by atoms with Gasteiger partial charge in [-0.15, -0.1) is 48.0 Å². The van der Waals surface area contributed by atoms with Crippen LogP contribution in [0.5, 0.6) is 0 Å². The van der Waals surface area contributed by atoms with E-state index in [2.05, 4.69) is 89.9 Å². The maximum absolute atomic E-state index is 12.7. The molecule has 0 saturated heterocycles. The average Bonchev–Trinajstić information content (AvgIpc) is 3.70.